The third kappa shape index (κ3) is 5.01. The number of halogens is 3. The summed E-state index contributed by atoms with van der Waals surface area (Å²) >= 11 is 0. The number of hydrogen-bond donors (Lipinski definition) is 0. The van der Waals surface area contributed by atoms with Crippen molar-refractivity contribution >= 4 is 28.5 Å². The number of esters is 1. The molecule has 1 heterocycles. The first-order valence-corrected chi connectivity index (χ1v) is 10.8. The van der Waals surface area contributed by atoms with Crippen LogP contribution >= 0.6 is 0 Å². The molecule has 0 radical (unpaired) electrons. The third-order valence-electron chi connectivity index (χ3n) is 5.49. The molecule has 35 heavy (non-hydrogen) atoms. The molecule has 0 fully saturated rings. The Balaban J connectivity index is 1.64. The Morgan fingerprint density at radius 1 is 0.943 bits per heavy atom. The van der Waals surface area contributed by atoms with E-state index in [2.05, 4.69) is 4.98 Å². The largest absolute Gasteiger partial charge is 0.462 e. The van der Waals surface area contributed by atoms with E-state index in [-0.39, 0.29) is 18.1 Å². The second-order valence-electron chi connectivity index (χ2n) is 7.78. The Morgan fingerprint density at radius 3 is 2.46 bits per heavy atom. The van der Waals surface area contributed by atoms with Crippen LogP contribution in [0.5, 0.6) is 0 Å². The second-order valence-corrected chi connectivity index (χ2v) is 7.78. The van der Waals surface area contributed by atoms with E-state index in [1.54, 1.807) is 74.6 Å². The number of benzene rings is 3. The van der Waals surface area contributed by atoms with Gasteiger partial charge in [-0.1, -0.05) is 30.3 Å². The van der Waals surface area contributed by atoms with Gasteiger partial charge in [0.2, 0.25) is 0 Å². The van der Waals surface area contributed by atoms with Gasteiger partial charge < -0.3 is 9.64 Å². The summed E-state index contributed by atoms with van der Waals surface area (Å²) in [4.78, 5) is 31.3. The van der Waals surface area contributed by atoms with E-state index in [0.29, 0.717) is 33.4 Å². The van der Waals surface area contributed by atoms with Crippen molar-refractivity contribution in [2.75, 3.05) is 18.6 Å². The van der Waals surface area contributed by atoms with Crippen LogP contribution in [0.25, 0.3) is 22.2 Å². The molecule has 5 nitrogen and oxygen atoms in total. The molecule has 0 N–H and O–H groups in total. The van der Waals surface area contributed by atoms with Gasteiger partial charge in [0, 0.05) is 23.6 Å². The Hall–Kier alpha value is -4.20. The number of ether oxygens (including phenoxy) is 1. The topological polar surface area (TPSA) is 59.5 Å². The smallest absolute Gasteiger partial charge is 0.416 e. The van der Waals surface area contributed by atoms with Crippen LogP contribution in [0.3, 0.4) is 0 Å². The molecule has 0 saturated heterocycles. The van der Waals surface area contributed by atoms with Crippen LogP contribution in [0, 0.1) is 0 Å². The van der Waals surface area contributed by atoms with Crippen molar-refractivity contribution < 1.29 is 27.5 Å². The average molecular weight is 478 g/mol. The van der Waals surface area contributed by atoms with Gasteiger partial charge in [-0.25, -0.2) is 9.78 Å². The SMILES string of the molecule is CCOC(=O)c1ccccc1N(C)C(=O)c1ccc2nc(-c3cccc(C(F)(F)F)c3)ccc2c1. The van der Waals surface area contributed by atoms with Gasteiger partial charge >= 0.3 is 12.1 Å². The summed E-state index contributed by atoms with van der Waals surface area (Å²) < 4.78 is 44.3. The first kappa shape index (κ1) is 23.9. The van der Waals surface area contributed by atoms with E-state index < -0.39 is 17.7 Å². The fraction of sp³-hybridized carbons (Fsp3) is 0.148. The Bertz CT molecular complexity index is 1420. The lowest BCUT2D eigenvalue weighted by Gasteiger charge is -2.20. The predicted molar refractivity (Wildman–Crippen MR) is 127 cm³/mol. The molecule has 0 aliphatic rings. The summed E-state index contributed by atoms with van der Waals surface area (Å²) in [6.07, 6.45) is -4.44. The molecule has 4 rings (SSSR count). The minimum absolute atomic E-state index is 0.213. The van der Waals surface area contributed by atoms with Crippen LogP contribution in [0.2, 0.25) is 0 Å². The van der Waals surface area contributed by atoms with Crippen LogP contribution in [-0.2, 0) is 10.9 Å². The maximum atomic E-state index is 13.2. The highest BCUT2D eigenvalue weighted by Crippen LogP contribution is 2.32. The first-order valence-electron chi connectivity index (χ1n) is 10.8. The Labute approximate surface area is 199 Å². The molecule has 1 amide bonds. The van der Waals surface area contributed by atoms with E-state index in [9.17, 15) is 22.8 Å². The zero-order chi connectivity index (χ0) is 25.2. The van der Waals surface area contributed by atoms with Gasteiger partial charge in [0.15, 0.2) is 0 Å². The number of para-hydroxylation sites is 1. The predicted octanol–water partition coefficient (Wildman–Crippen LogP) is 6.37. The standard InChI is InChI=1S/C27H21F3N2O3/c1-3-35-26(34)21-9-4-5-10-24(21)32(2)25(33)19-12-14-23-18(15-19)11-13-22(31-23)17-7-6-8-20(16-17)27(28,29)30/h4-16H,3H2,1-2H3. The molecule has 178 valence electrons. The number of hydrogen-bond acceptors (Lipinski definition) is 4. The molecule has 8 heteroatoms. The molecule has 4 aromatic rings. The van der Waals surface area contributed by atoms with Crippen molar-refractivity contribution in [1.82, 2.24) is 4.98 Å². The van der Waals surface area contributed by atoms with Gasteiger partial charge in [0.1, 0.15) is 0 Å². The second kappa shape index (κ2) is 9.58. The normalized spacial score (nSPS) is 11.3. The van der Waals surface area contributed by atoms with Crippen molar-refractivity contribution in [2.24, 2.45) is 0 Å². The number of nitrogens with zero attached hydrogens (tertiary/aromatic N) is 2. The highest BCUT2D eigenvalue weighted by Gasteiger charge is 2.30. The lowest BCUT2D eigenvalue weighted by Crippen LogP contribution is -2.28. The molecule has 1 aromatic heterocycles. The van der Waals surface area contributed by atoms with E-state index in [1.807, 2.05) is 0 Å². The van der Waals surface area contributed by atoms with Crippen molar-refractivity contribution in [3.05, 3.63) is 95.6 Å². The van der Waals surface area contributed by atoms with Gasteiger partial charge in [-0.3, -0.25) is 4.79 Å². The van der Waals surface area contributed by atoms with Crippen molar-refractivity contribution in [3.8, 4) is 11.3 Å². The minimum atomic E-state index is -4.44. The zero-order valence-corrected chi connectivity index (χ0v) is 19.0. The number of aromatic nitrogens is 1. The molecular formula is C27H21F3N2O3. The number of rotatable bonds is 5. The minimum Gasteiger partial charge on any atom is -0.462 e. The first-order chi connectivity index (χ1) is 16.7. The molecule has 0 aliphatic heterocycles. The summed E-state index contributed by atoms with van der Waals surface area (Å²) in [5, 5.41) is 0.652. The molecule has 0 saturated carbocycles. The summed E-state index contributed by atoms with van der Waals surface area (Å²) in [6.45, 7) is 1.92. The van der Waals surface area contributed by atoms with Crippen LogP contribution in [0.4, 0.5) is 18.9 Å². The molecule has 3 aromatic carbocycles. The maximum Gasteiger partial charge on any atom is 0.416 e. The summed E-state index contributed by atoms with van der Waals surface area (Å²) in [6, 6.07) is 19.9. The quantitative estimate of drug-likeness (QED) is 0.313. The average Bonchev–Trinajstić information content (AvgIpc) is 2.87. The van der Waals surface area contributed by atoms with Crippen LogP contribution in [-0.4, -0.2) is 30.5 Å². The zero-order valence-electron chi connectivity index (χ0n) is 19.0. The third-order valence-corrected chi connectivity index (χ3v) is 5.49. The molecule has 0 unspecified atom stereocenters. The fourth-order valence-electron chi connectivity index (χ4n) is 3.72. The van der Waals surface area contributed by atoms with E-state index in [1.165, 1.54) is 11.0 Å². The number of pyridine rings is 1. The highest BCUT2D eigenvalue weighted by atomic mass is 19.4. The molecule has 0 spiro atoms. The number of alkyl halides is 3. The summed E-state index contributed by atoms with van der Waals surface area (Å²) in [5.74, 6) is -0.863. The monoisotopic (exact) mass is 478 g/mol. The van der Waals surface area contributed by atoms with Crippen molar-refractivity contribution in [3.63, 3.8) is 0 Å². The lowest BCUT2D eigenvalue weighted by molar-refractivity contribution is -0.137. The molecule has 0 aliphatic carbocycles. The number of anilines is 1. The number of carbonyl (C=O) groups is 2. The van der Waals surface area contributed by atoms with Crippen LogP contribution in [0.1, 0.15) is 33.2 Å². The van der Waals surface area contributed by atoms with Gasteiger partial charge in [-0.05, 0) is 55.5 Å². The van der Waals surface area contributed by atoms with Crippen LogP contribution < -0.4 is 4.90 Å². The van der Waals surface area contributed by atoms with E-state index in [0.717, 1.165) is 12.1 Å². The maximum absolute atomic E-state index is 13.2. The summed E-state index contributed by atoms with van der Waals surface area (Å²) in [7, 11) is 1.57. The highest BCUT2D eigenvalue weighted by molar-refractivity contribution is 6.10. The number of fused-ring (bicyclic) bond motifs is 1. The fourth-order valence-corrected chi connectivity index (χ4v) is 3.72. The van der Waals surface area contributed by atoms with Gasteiger partial charge in [0.25, 0.3) is 5.91 Å². The molecule has 0 bridgehead atoms. The van der Waals surface area contributed by atoms with Crippen molar-refractivity contribution in [2.45, 2.75) is 13.1 Å². The van der Waals surface area contributed by atoms with Crippen LogP contribution in [0.15, 0.2) is 78.9 Å². The Morgan fingerprint density at radius 2 is 1.71 bits per heavy atom. The number of amides is 1. The van der Waals surface area contributed by atoms with E-state index >= 15 is 0 Å². The van der Waals surface area contributed by atoms with Gasteiger partial charge in [-0.15, -0.1) is 0 Å². The van der Waals surface area contributed by atoms with Crippen molar-refractivity contribution in [1.29, 1.82) is 0 Å². The summed E-state index contributed by atoms with van der Waals surface area (Å²) in [5.41, 5.74) is 1.58. The Kier molecular flexibility index (Phi) is 6.55. The van der Waals surface area contributed by atoms with Gasteiger partial charge in [0.05, 0.1) is 34.6 Å². The van der Waals surface area contributed by atoms with E-state index in [4.69, 9.17) is 4.74 Å². The number of carbonyl (C=O) groups excluding carboxylic acids is 2. The molecule has 0 atom stereocenters. The van der Waals surface area contributed by atoms with Gasteiger partial charge in [-0.2, -0.15) is 13.2 Å². The lowest BCUT2D eigenvalue weighted by atomic mass is 10.0. The molecular weight excluding hydrogens is 457 g/mol.